The summed E-state index contributed by atoms with van der Waals surface area (Å²) in [4.78, 5) is 18.7. The maximum absolute atomic E-state index is 12.4. The zero-order valence-electron chi connectivity index (χ0n) is 11.4. The van der Waals surface area contributed by atoms with Crippen LogP contribution in [0.2, 0.25) is 0 Å². The van der Waals surface area contributed by atoms with Gasteiger partial charge in [0.05, 0.1) is 36.4 Å². The van der Waals surface area contributed by atoms with E-state index >= 15 is 0 Å². The van der Waals surface area contributed by atoms with E-state index in [1.807, 2.05) is 35.0 Å². The minimum atomic E-state index is 0.0982. The molecule has 2 aromatic rings. The molecule has 0 radical (unpaired) electrons. The molecule has 0 N–H and O–H groups in total. The SMILES string of the molecule is CCOCc1ncn2c1CN(C(=O)c1ccsc1)CC2. The van der Waals surface area contributed by atoms with Crippen molar-refractivity contribution < 1.29 is 9.53 Å². The highest BCUT2D eigenvalue weighted by molar-refractivity contribution is 7.08. The Morgan fingerprint density at radius 3 is 3.15 bits per heavy atom. The van der Waals surface area contributed by atoms with Crippen LogP contribution in [0.1, 0.15) is 28.7 Å². The summed E-state index contributed by atoms with van der Waals surface area (Å²) < 4.78 is 7.55. The zero-order chi connectivity index (χ0) is 13.9. The van der Waals surface area contributed by atoms with E-state index < -0.39 is 0 Å². The third kappa shape index (κ3) is 2.48. The molecule has 0 aromatic carbocycles. The Labute approximate surface area is 121 Å². The van der Waals surface area contributed by atoms with Crippen LogP contribution < -0.4 is 0 Å². The zero-order valence-corrected chi connectivity index (χ0v) is 12.2. The van der Waals surface area contributed by atoms with E-state index in [-0.39, 0.29) is 5.91 Å². The number of carbonyl (C=O) groups is 1. The molecular weight excluding hydrogens is 274 g/mol. The number of rotatable bonds is 4. The highest BCUT2D eigenvalue weighted by Crippen LogP contribution is 2.19. The monoisotopic (exact) mass is 291 g/mol. The van der Waals surface area contributed by atoms with Gasteiger partial charge in [-0.15, -0.1) is 0 Å². The lowest BCUT2D eigenvalue weighted by molar-refractivity contribution is 0.0707. The summed E-state index contributed by atoms with van der Waals surface area (Å²) in [5, 5.41) is 3.83. The molecule has 0 saturated heterocycles. The average Bonchev–Trinajstić information content (AvgIpc) is 3.13. The van der Waals surface area contributed by atoms with Gasteiger partial charge in [0.1, 0.15) is 0 Å². The highest BCUT2D eigenvalue weighted by atomic mass is 32.1. The summed E-state index contributed by atoms with van der Waals surface area (Å²) >= 11 is 1.55. The second-order valence-electron chi connectivity index (χ2n) is 4.71. The van der Waals surface area contributed by atoms with Crippen LogP contribution in [0.3, 0.4) is 0 Å². The molecule has 0 bridgehead atoms. The molecule has 0 aliphatic carbocycles. The second-order valence-corrected chi connectivity index (χ2v) is 5.49. The van der Waals surface area contributed by atoms with Gasteiger partial charge in [-0.3, -0.25) is 4.79 Å². The number of aromatic nitrogens is 2. The summed E-state index contributed by atoms with van der Waals surface area (Å²) in [7, 11) is 0. The standard InChI is InChI=1S/C14H17N3O2S/c1-2-19-8-12-13-7-16(4-5-17(13)10-15-12)14(18)11-3-6-20-9-11/h3,6,9-10H,2,4-5,7-8H2,1H3. The first kappa shape index (κ1) is 13.3. The Balaban J connectivity index is 1.77. The molecule has 3 heterocycles. The van der Waals surface area contributed by atoms with Crippen molar-refractivity contribution in [2.45, 2.75) is 26.6 Å². The van der Waals surface area contributed by atoms with E-state index in [1.54, 1.807) is 11.3 Å². The number of fused-ring (bicyclic) bond motifs is 1. The molecule has 6 heteroatoms. The van der Waals surface area contributed by atoms with Crippen molar-refractivity contribution in [1.29, 1.82) is 0 Å². The van der Waals surface area contributed by atoms with Crippen LogP contribution in [0.15, 0.2) is 23.2 Å². The number of hydrogen-bond acceptors (Lipinski definition) is 4. The quantitative estimate of drug-likeness (QED) is 0.867. The Kier molecular flexibility index (Phi) is 3.84. The third-order valence-corrected chi connectivity index (χ3v) is 4.17. The van der Waals surface area contributed by atoms with Crippen molar-refractivity contribution in [3.05, 3.63) is 40.1 Å². The molecule has 106 valence electrons. The maximum atomic E-state index is 12.4. The molecule has 2 aromatic heterocycles. The van der Waals surface area contributed by atoms with Gasteiger partial charge in [0.25, 0.3) is 5.91 Å². The van der Waals surface area contributed by atoms with Crippen LogP contribution in [0.25, 0.3) is 0 Å². The Hall–Kier alpha value is -1.66. The normalized spacial score (nSPS) is 14.3. The van der Waals surface area contributed by atoms with E-state index in [4.69, 9.17) is 4.74 Å². The third-order valence-electron chi connectivity index (χ3n) is 3.48. The van der Waals surface area contributed by atoms with Crippen molar-refractivity contribution in [2.75, 3.05) is 13.2 Å². The Morgan fingerprint density at radius 1 is 1.50 bits per heavy atom. The molecule has 1 amide bonds. The van der Waals surface area contributed by atoms with Crippen molar-refractivity contribution in [2.24, 2.45) is 0 Å². The average molecular weight is 291 g/mol. The molecule has 0 unspecified atom stereocenters. The fraction of sp³-hybridized carbons (Fsp3) is 0.429. The van der Waals surface area contributed by atoms with Crippen LogP contribution in [0, 0.1) is 0 Å². The molecule has 0 atom stereocenters. The van der Waals surface area contributed by atoms with Gasteiger partial charge in [-0.2, -0.15) is 11.3 Å². The van der Waals surface area contributed by atoms with Crippen LogP contribution >= 0.6 is 11.3 Å². The van der Waals surface area contributed by atoms with Gasteiger partial charge in [-0.05, 0) is 18.4 Å². The van der Waals surface area contributed by atoms with E-state index in [1.165, 1.54) is 0 Å². The largest absolute Gasteiger partial charge is 0.375 e. The topological polar surface area (TPSA) is 47.4 Å². The molecule has 1 aliphatic rings. The number of nitrogens with zero attached hydrogens (tertiary/aromatic N) is 3. The maximum Gasteiger partial charge on any atom is 0.255 e. The first-order valence-corrected chi connectivity index (χ1v) is 7.66. The lowest BCUT2D eigenvalue weighted by atomic mass is 10.2. The molecular formula is C14H17N3O2S. The number of imidazole rings is 1. The minimum Gasteiger partial charge on any atom is -0.375 e. The smallest absolute Gasteiger partial charge is 0.255 e. The van der Waals surface area contributed by atoms with Gasteiger partial charge < -0.3 is 14.2 Å². The van der Waals surface area contributed by atoms with Crippen molar-refractivity contribution in [1.82, 2.24) is 14.5 Å². The predicted molar refractivity (Wildman–Crippen MR) is 76.6 cm³/mol. The van der Waals surface area contributed by atoms with Crippen molar-refractivity contribution in [3.8, 4) is 0 Å². The van der Waals surface area contributed by atoms with Gasteiger partial charge in [0, 0.05) is 25.1 Å². The van der Waals surface area contributed by atoms with Crippen molar-refractivity contribution >= 4 is 17.2 Å². The molecule has 20 heavy (non-hydrogen) atoms. The first-order valence-electron chi connectivity index (χ1n) is 6.71. The minimum absolute atomic E-state index is 0.0982. The predicted octanol–water partition coefficient (Wildman–Crippen LogP) is 2.14. The van der Waals surface area contributed by atoms with Gasteiger partial charge in [0.2, 0.25) is 0 Å². The van der Waals surface area contributed by atoms with Gasteiger partial charge in [0.15, 0.2) is 0 Å². The number of ether oxygens (including phenoxy) is 1. The van der Waals surface area contributed by atoms with Crippen LogP contribution in [0.5, 0.6) is 0 Å². The molecule has 1 aliphatic heterocycles. The van der Waals surface area contributed by atoms with Crippen molar-refractivity contribution in [3.63, 3.8) is 0 Å². The summed E-state index contributed by atoms with van der Waals surface area (Å²) in [6, 6.07) is 1.88. The highest BCUT2D eigenvalue weighted by Gasteiger charge is 2.24. The summed E-state index contributed by atoms with van der Waals surface area (Å²) in [6.45, 7) is 5.28. The van der Waals surface area contributed by atoms with E-state index in [9.17, 15) is 4.79 Å². The lowest BCUT2D eigenvalue weighted by Gasteiger charge is -2.28. The molecule has 0 spiro atoms. The van der Waals surface area contributed by atoms with E-state index in [0.717, 1.165) is 30.0 Å². The van der Waals surface area contributed by atoms with Crippen LogP contribution in [-0.2, 0) is 24.4 Å². The summed E-state index contributed by atoms with van der Waals surface area (Å²) in [5.41, 5.74) is 2.80. The Morgan fingerprint density at radius 2 is 2.40 bits per heavy atom. The molecule has 5 nitrogen and oxygen atoms in total. The van der Waals surface area contributed by atoms with Gasteiger partial charge in [-0.25, -0.2) is 4.98 Å². The van der Waals surface area contributed by atoms with Gasteiger partial charge in [-0.1, -0.05) is 0 Å². The summed E-state index contributed by atoms with van der Waals surface area (Å²) in [6.07, 6.45) is 1.84. The van der Waals surface area contributed by atoms with Crippen LogP contribution in [0.4, 0.5) is 0 Å². The van der Waals surface area contributed by atoms with E-state index in [2.05, 4.69) is 9.55 Å². The number of amides is 1. The fourth-order valence-electron chi connectivity index (χ4n) is 2.37. The number of hydrogen-bond donors (Lipinski definition) is 0. The van der Waals surface area contributed by atoms with Gasteiger partial charge >= 0.3 is 0 Å². The molecule has 0 fully saturated rings. The summed E-state index contributed by atoms with van der Waals surface area (Å²) in [5.74, 6) is 0.0982. The molecule has 0 saturated carbocycles. The number of carbonyl (C=O) groups excluding carboxylic acids is 1. The number of thiophene rings is 1. The lowest BCUT2D eigenvalue weighted by Crippen LogP contribution is -2.38. The fourth-order valence-corrected chi connectivity index (χ4v) is 3.00. The van der Waals surface area contributed by atoms with E-state index in [0.29, 0.717) is 19.8 Å². The Bertz CT molecular complexity index is 592. The second kappa shape index (κ2) is 5.76. The molecule has 3 rings (SSSR count). The van der Waals surface area contributed by atoms with Crippen LogP contribution in [-0.4, -0.2) is 33.5 Å². The first-order chi connectivity index (χ1) is 9.79.